The highest BCUT2D eigenvalue weighted by atomic mass is 35.5. The molecular weight excluding hydrogens is 252 g/mol. The van der Waals surface area contributed by atoms with Crippen LogP contribution in [0, 0.1) is 5.92 Å². The molecular formula is C13H17ClN2O2. The minimum Gasteiger partial charge on any atom is -0.326 e. The van der Waals surface area contributed by atoms with Crippen LogP contribution in [0.25, 0.3) is 0 Å². The van der Waals surface area contributed by atoms with Crippen molar-refractivity contribution in [2.75, 3.05) is 10.6 Å². The van der Waals surface area contributed by atoms with Gasteiger partial charge in [0.05, 0.1) is 0 Å². The number of halogens is 1. The van der Waals surface area contributed by atoms with E-state index in [0.29, 0.717) is 11.4 Å². The summed E-state index contributed by atoms with van der Waals surface area (Å²) in [6.45, 7) is 5.23. The smallest absolute Gasteiger partial charge is 0.242 e. The Kier molecular flexibility index (Phi) is 5.16. The van der Waals surface area contributed by atoms with E-state index in [9.17, 15) is 9.59 Å². The molecule has 1 aromatic rings. The van der Waals surface area contributed by atoms with Gasteiger partial charge in [0.1, 0.15) is 5.38 Å². The molecule has 0 fully saturated rings. The van der Waals surface area contributed by atoms with Gasteiger partial charge in [-0.3, -0.25) is 9.59 Å². The molecule has 1 rings (SSSR count). The lowest BCUT2D eigenvalue weighted by atomic mass is 10.2. The van der Waals surface area contributed by atoms with Gasteiger partial charge in [0.2, 0.25) is 11.8 Å². The molecule has 18 heavy (non-hydrogen) atoms. The largest absolute Gasteiger partial charge is 0.326 e. The fraction of sp³-hybridized carbons (Fsp3) is 0.385. The SMILES string of the molecule is CC(C)C(=O)Nc1cccc(NC(=O)C(C)Cl)c1. The van der Waals surface area contributed by atoms with E-state index in [1.54, 1.807) is 31.2 Å². The molecule has 2 amide bonds. The summed E-state index contributed by atoms with van der Waals surface area (Å²) in [5.41, 5.74) is 1.25. The van der Waals surface area contributed by atoms with Crippen molar-refractivity contribution in [3.63, 3.8) is 0 Å². The first kappa shape index (κ1) is 14.5. The van der Waals surface area contributed by atoms with Gasteiger partial charge in [-0.1, -0.05) is 19.9 Å². The Hall–Kier alpha value is -1.55. The van der Waals surface area contributed by atoms with E-state index in [1.807, 2.05) is 13.8 Å². The Bertz CT molecular complexity index is 407. The van der Waals surface area contributed by atoms with E-state index < -0.39 is 5.38 Å². The van der Waals surface area contributed by atoms with Crippen LogP contribution in [0.3, 0.4) is 0 Å². The van der Waals surface area contributed by atoms with E-state index in [0.717, 1.165) is 0 Å². The molecule has 0 spiro atoms. The molecule has 1 aromatic carbocycles. The van der Waals surface area contributed by atoms with Gasteiger partial charge >= 0.3 is 0 Å². The summed E-state index contributed by atoms with van der Waals surface area (Å²) in [7, 11) is 0. The second kappa shape index (κ2) is 6.40. The molecule has 0 aliphatic rings. The summed E-state index contributed by atoms with van der Waals surface area (Å²) < 4.78 is 0. The van der Waals surface area contributed by atoms with Crippen molar-refractivity contribution in [2.24, 2.45) is 5.92 Å². The maximum absolute atomic E-state index is 11.5. The molecule has 0 bridgehead atoms. The zero-order chi connectivity index (χ0) is 13.7. The molecule has 0 saturated heterocycles. The van der Waals surface area contributed by atoms with Crippen molar-refractivity contribution in [1.29, 1.82) is 0 Å². The van der Waals surface area contributed by atoms with Crippen LogP contribution in [0.4, 0.5) is 11.4 Å². The van der Waals surface area contributed by atoms with E-state index in [2.05, 4.69) is 10.6 Å². The van der Waals surface area contributed by atoms with Crippen LogP contribution in [-0.4, -0.2) is 17.2 Å². The maximum atomic E-state index is 11.5. The molecule has 0 radical (unpaired) electrons. The third-order valence-corrected chi connectivity index (χ3v) is 2.48. The summed E-state index contributed by atoms with van der Waals surface area (Å²) >= 11 is 5.66. The number of carbonyl (C=O) groups is 2. The van der Waals surface area contributed by atoms with Gasteiger partial charge in [0.25, 0.3) is 0 Å². The van der Waals surface area contributed by atoms with Crippen molar-refractivity contribution < 1.29 is 9.59 Å². The summed E-state index contributed by atoms with van der Waals surface area (Å²) in [6, 6.07) is 6.95. The second-order valence-corrected chi connectivity index (χ2v) is 4.98. The van der Waals surface area contributed by atoms with Crippen molar-refractivity contribution in [2.45, 2.75) is 26.1 Å². The fourth-order valence-electron chi connectivity index (χ4n) is 1.20. The number of amides is 2. The van der Waals surface area contributed by atoms with E-state index in [4.69, 9.17) is 11.6 Å². The predicted octanol–water partition coefficient (Wildman–Crippen LogP) is 2.85. The summed E-state index contributed by atoms with van der Waals surface area (Å²) in [4.78, 5) is 23.0. The maximum Gasteiger partial charge on any atom is 0.242 e. The number of hydrogen-bond donors (Lipinski definition) is 2. The Balaban J connectivity index is 2.74. The van der Waals surface area contributed by atoms with Crippen molar-refractivity contribution in [3.05, 3.63) is 24.3 Å². The minimum absolute atomic E-state index is 0.0656. The fourth-order valence-corrected chi connectivity index (χ4v) is 1.26. The molecule has 2 N–H and O–H groups in total. The predicted molar refractivity (Wildman–Crippen MR) is 73.9 cm³/mol. The third-order valence-electron chi connectivity index (χ3n) is 2.28. The zero-order valence-corrected chi connectivity index (χ0v) is 11.4. The molecule has 0 aromatic heterocycles. The lowest BCUT2D eigenvalue weighted by Crippen LogP contribution is -2.21. The van der Waals surface area contributed by atoms with Crippen LogP contribution < -0.4 is 10.6 Å². The monoisotopic (exact) mass is 268 g/mol. The molecule has 4 nitrogen and oxygen atoms in total. The normalized spacial score (nSPS) is 12.1. The number of benzene rings is 1. The molecule has 1 unspecified atom stereocenters. The molecule has 0 aliphatic carbocycles. The summed E-state index contributed by atoms with van der Waals surface area (Å²) in [5.74, 6) is -0.431. The van der Waals surface area contributed by atoms with E-state index in [-0.39, 0.29) is 17.7 Å². The average molecular weight is 269 g/mol. The molecule has 0 heterocycles. The number of anilines is 2. The average Bonchev–Trinajstić information content (AvgIpc) is 2.29. The molecule has 98 valence electrons. The number of nitrogens with one attached hydrogen (secondary N) is 2. The van der Waals surface area contributed by atoms with Gasteiger partial charge in [-0.2, -0.15) is 0 Å². The number of carbonyl (C=O) groups excluding carboxylic acids is 2. The van der Waals surface area contributed by atoms with Gasteiger partial charge in [-0.15, -0.1) is 11.6 Å². The lowest BCUT2D eigenvalue weighted by molar-refractivity contribution is -0.119. The van der Waals surface area contributed by atoms with Crippen LogP contribution in [-0.2, 0) is 9.59 Å². The second-order valence-electron chi connectivity index (χ2n) is 4.33. The van der Waals surface area contributed by atoms with Gasteiger partial charge < -0.3 is 10.6 Å². The van der Waals surface area contributed by atoms with Gasteiger partial charge in [0.15, 0.2) is 0 Å². The van der Waals surface area contributed by atoms with Crippen molar-refractivity contribution in [3.8, 4) is 0 Å². The molecule has 0 saturated carbocycles. The first-order chi connectivity index (χ1) is 8.40. The van der Waals surface area contributed by atoms with E-state index in [1.165, 1.54) is 0 Å². The Morgan fingerprint density at radius 2 is 1.56 bits per heavy atom. The minimum atomic E-state index is -0.598. The molecule has 5 heteroatoms. The highest BCUT2D eigenvalue weighted by molar-refractivity contribution is 6.32. The lowest BCUT2D eigenvalue weighted by Gasteiger charge is -2.10. The highest BCUT2D eigenvalue weighted by Crippen LogP contribution is 2.16. The summed E-state index contributed by atoms with van der Waals surface area (Å²) in [5, 5.41) is 4.82. The van der Waals surface area contributed by atoms with Crippen LogP contribution >= 0.6 is 11.6 Å². The van der Waals surface area contributed by atoms with Crippen LogP contribution in [0.5, 0.6) is 0 Å². The number of alkyl halides is 1. The standard InChI is InChI=1S/C13H17ClN2O2/c1-8(2)12(17)15-10-5-4-6-11(7-10)16-13(18)9(3)14/h4-9H,1-3H3,(H,15,17)(H,16,18). The van der Waals surface area contributed by atoms with Crippen LogP contribution in [0.2, 0.25) is 0 Å². The third kappa shape index (κ3) is 4.37. The Morgan fingerprint density at radius 1 is 1.06 bits per heavy atom. The Labute approximate surface area is 112 Å². The first-order valence-corrected chi connectivity index (χ1v) is 6.19. The van der Waals surface area contributed by atoms with Gasteiger partial charge in [0, 0.05) is 17.3 Å². The quantitative estimate of drug-likeness (QED) is 0.825. The van der Waals surface area contributed by atoms with Crippen LogP contribution in [0.15, 0.2) is 24.3 Å². The summed E-state index contributed by atoms with van der Waals surface area (Å²) in [6.07, 6.45) is 0. The number of rotatable bonds is 4. The van der Waals surface area contributed by atoms with Crippen molar-refractivity contribution in [1.82, 2.24) is 0 Å². The first-order valence-electron chi connectivity index (χ1n) is 5.76. The molecule has 1 atom stereocenters. The van der Waals surface area contributed by atoms with Gasteiger partial charge in [-0.05, 0) is 25.1 Å². The van der Waals surface area contributed by atoms with Gasteiger partial charge in [-0.25, -0.2) is 0 Å². The topological polar surface area (TPSA) is 58.2 Å². The number of hydrogen-bond acceptors (Lipinski definition) is 2. The Morgan fingerprint density at radius 3 is 2.00 bits per heavy atom. The van der Waals surface area contributed by atoms with Crippen LogP contribution in [0.1, 0.15) is 20.8 Å². The highest BCUT2D eigenvalue weighted by Gasteiger charge is 2.10. The van der Waals surface area contributed by atoms with E-state index >= 15 is 0 Å². The van der Waals surface area contributed by atoms with Crippen molar-refractivity contribution >= 4 is 34.8 Å². The molecule has 0 aliphatic heterocycles. The zero-order valence-electron chi connectivity index (χ0n) is 10.7.